The maximum atomic E-state index is 9.80. The fourth-order valence-electron chi connectivity index (χ4n) is 16.8. The highest BCUT2D eigenvalue weighted by Gasteiger charge is 2.31. The second kappa shape index (κ2) is 41.8. The summed E-state index contributed by atoms with van der Waals surface area (Å²) in [5.41, 5.74) is 10.7. The van der Waals surface area contributed by atoms with Crippen molar-refractivity contribution in [1.82, 2.24) is 9.97 Å². The number of hydrogen-bond donors (Lipinski definition) is 2. The van der Waals surface area contributed by atoms with E-state index >= 15 is 0 Å². The average Bonchev–Trinajstić information content (AvgIpc) is 1.56. The Hall–Kier alpha value is -8.10. The molecule has 17 heteroatoms. The van der Waals surface area contributed by atoms with E-state index in [1.165, 1.54) is 77.1 Å². The number of ether oxygens (including phenoxy) is 5. The van der Waals surface area contributed by atoms with Gasteiger partial charge in [0.05, 0.1) is 85.7 Å². The monoisotopic (exact) mass is 1770 g/mol. The van der Waals surface area contributed by atoms with E-state index in [2.05, 4.69) is 229 Å². The molecule has 0 fully saturated rings. The molecule has 1 aliphatic carbocycles. The first-order valence-electron chi connectivity index (χ1n) is 45.3. The van der Waals surface area contributed by atoms with Crippen LogP contribution in [0.1, 0.15) is 229 Å². The number of aryl methyl sites for hydroxylation is 3. The molecule has 122 heavy (non-hydrogen) atoms. The first kappa shape index (κ1) is 88.8. The number of nitrogens with zero attached hydrogens (tertiary/aromatic N) is 2. The zero-order valence-electron chi connectivity index (χ0n) is 73.5. The van der Waals surface area contributed by atoms with Gasteiger partial charge < -0.3 is 23.7 Å². The van der Waals surface area contributed by atoms with Gasteiger partial charge in [-0.3, -0.25) is 10.8 Å². The van der Waals surface area contributed by atoms with Gasteiger partial charge in [-0.05, 0) is 168 Å². The maximum absolute atomic E-state index is 9.80. The molecule has 0 aliphatic heterocycles. The Morgan fingerprint density at radius 1 is 0.320 bits per heavy atom. The van der Waals surface area contributed by atoms with Gasteiger partial charge >= 0.3 is 0 Å². The molecule has 14 aromatic rings. The third kappa shape index (κ3) is 19.9. The summed E-state index contributed by atoms with van der Waals surface area (Å²) < 4.78 is 39.9. The lowest BCUT2D eigenvalue weighted by Crippen LogP contribution is -2.17. The lowest BCUT2D eigenvalue weighted by atomic mass is 9.92. The van der Waals surface area contributed by atoms with E-state index in [1.807, 2.05) is 22.7 Å². The number of thiophene rings is 8. The van der Waals surface area contributed by atoms with Gasteiger partial charge in [0.25, 0.3) is 0 Å². The third-order valence-corrected chi connectivity index (χ3v) is 33.9. The van der Waals surface area contributed by atoms with E-state index in [0.717, 1.165) is 253 Å². The highest BCUT2D eigenvalue weighted by Crippen LogP contribution is 2.57. The lowest BCUT2D eigenvalue weighted by molar-refractivity contribution is 0.235. The predicted molar refractivity (Wildman–Crippen MR) is 537 cm³/mol. The van der Waals surface area contributed by atoms with Crippen molar-refractivity contribution in [1.29, 1.82) is 10.8 Å². The normalized spacial score (nSPS) is 13.6. The van der Waals surface area contributed by atoms with Gasteiger partial charge in [0, 0.05) is 113 Å². The van der Waals surface area contributed by atoms with Crippen molar-refractivity contribution in [2.24, 2.45) is 23.7 Å². The van der Waals surface area contributed by atoms with Crippen molar-refractivity contribution in [3.8, 4) is 101 Å². The Morgan fingerprint density at radius 3 is 1.12 bits per heavy atom. The summed E-state index contributed by atoms with van der Waals surface area (Å²) in [7, 11) is 0. The van der Waals surface area contributed by atoms with Crippen LogP contribution in [0.15, 0.2) is 146 Å². The van der Waals surface area contributed by atoms with E-state index in [0.29, 0.717) is 56.7 Å². The number of fused-ring (bicyclic) bond motifs is 5. The van der Waals surface area contributed by atoms with Crippen LogP contribution >= 0.6 is 90.7 Å². The lowest BCUT2D eigenvalue weighted by Gasteiger charge is -2.19. The van der Waals surface area contributed by atoms with Gasteiger partial charge in [-0.2, -0.15) is 0 Å². The molecule has 0 radical (unpaired) electrons. The van der Waals surface area contributed by atoms with E-state index < -0.39 is 0 Å². The molecule has 0 saturated carbocycles. The standard InChI is InChI=1S/C105H120N4O5S8/c1-13-22-27-28-29-30-53-110-73-40-32-39-72(56-73)95-94(71-38-31-33-64(10)54-71)108-97-77(45-44-76(96(97)109-95)84-46-41-65(11)115-84)85-49-52-88(119-85)91-59-81-101(114-63-70(21-9)37-26-17-5)104-80(100(105(81)122-91)113-62-69(20-8)36-25-16-4)58-90(121-104)87-51-48-83(118-87)75-43-42-74(92(106)93(75)107)82-47-50-86(117-82)89-57-79-99(112-61-68(19-7)35-24-15-3)102-78(55-66(12)116-102)98(103(79)120-89)111-60-67(18-6)34-23-14-2/h31-33,38-52,54-59,67-70,106-107H,13-30,34-37,53,60-63H2,1-12H3. The van der Waals surface area contributed by atoms with Gasteiger partial charge in [0.15, 0.2) is 0 Å². The van der Waals surface area contributed by atoms with Crippen molar-refractivity contribution in [2.45, 2.75) is 224 Å². The number of allylic oxidation sites excluding steroid dienone is 4. The zero-order chi connectivity index (χ0) is 84.9. The Morgan fingerprint density at radius 2 is 0.697 bits per heavy atom. The fourth-order valence-corrected chi connectivity index (χ4v) is 25.6. The largest absolute Gasteiger partial charge is 0.494 e. The van der Waals surface area contributed by atoms with Crippen LogP contribution in [0.4, 0.5) is 0 Å². The molecule has 1 aliphatic rings. The Balaban J connectivity index is 0.779. The summed E-state index contributed by atoms with van der Waals surface area (Å²) in [6.45, 7) is 30.4. The highest BCUT2D eigenvalue weighted by molar-refractivity contribution is 7.29. The quantitative estimate of drug-likeness (QED) is 0.0288. The summed E-state index contributed by atoms with van der Waals surface area (Å²) in [5, 5.41) is 24.0. The fraction of sp³-hybridized carbons (Fsp3) is 0.410. The Kier molecular flexibility index (Phi) is 30.4. The molecule has 0 saturated heterocycles. The van der Waals surface area contributed by atoms with E-state index in [1.54, 1.807) is 68.0 Å². The average molecular weight is 1770 g/mol. The maximum Gasteiger partial charge on any atom is 0.146 e. The van der Waals surface area contributed by atoms with E-state index in [-0.39, 0.29) is 11.4 Å². The van der Waals surface area contributed by atoms with Gasteiger partial charge in [-0.1, -0.05) is 232 Å². The van der Waals surface area contributed by atoms with Crippen molar-refractivity contribution in [2.75, 3.05) is 33.0 Å². The van der Waals surface area contributed by atoms with Crippen LogP contribution in [0.25, 0.3) is 135 Å². The number of rotatable bonds is 45. The minimum Gasteiger partial charge on any atom is -0.494 e. The second-order valence-electron chi connectivity index (χ2n) is 33.5. The van der Waals surface area contributed by atoms with Crippen molar-refractivity contribution in [3.05, 3.63) is 171 Å². The van der Waals surface area contributed by atoms with Crippen LogP contribution in [-0.4, -0.2) is 54.4 Å². The molecule has 638 valence electrons. The first-order valence-corrected chi connectivity index (χ1v) is 51.8. The Labute approximate surface area is 755 Å². The molecule has 2 N–H and O–H groups in total. The molecular formula is C105H120N4O5S8. The van der Waals surface area contributed by atoms with Crippen LogP contribution in [0, 0.1) is 55.3 Å². The molecule has 4 unspecified atom stereocenters. The van der Waals surface area contributed by atoms with Crippen molar-refractivity contribution >= 4 is 165 Å². The SMILES string of the molecule is CCCCCCCCOc1cccc(-c2nc3c(-c4ccc(C)s4)ccc(-c4ccc(-c5cc6c(OCC(CC)CCCC)c7sc(-c8ccc(C9=CC=C(c%10ccc(-c%11cc%12c(OCC(CC)CCCC)c%13sc(C)cc%13c(OCC(CC)CCCC)c%12s%11)s%10)C(=N)C9=N)s8)cc7c(OCC(CC)CCCC)c6s5)s4)c3nc2-c2cccc(C)c2)c1. The van der Waals surface area contributed by atoms with Crippen LogP contribution in [0.2, 0.25) is 0 Å². The van der Waals surface area contributed by atoms with Crippen LogP contribution in [0.5, 0.6) is 28.7 Å². The molecule has 0 spiro atoms. The molecule has 9 nitrogen and oxygen atoms in total. The van der Waals surface area contributed by atoms with Crippen LogP contribution in [0.3, 0.4) is 0 Å². The summed E-state index contributed by atoms with van der Waals surface area (Å²) >= 11 is 14.2. The third-order valence-electron chi connectivity index (χ3n) is 24.4. The van der Waals surface area contributed by atoms with E-state index in [9.17, 15) is 10.8 Å². The summed E-state index contributed by atoms with van der Waals surface area (Å²) in [4.78, 5) is 25.2. The van der Waals surface area contributed by atoms with Crippen LogP contribution in [-0.2, 0) is 0 Å². The van der Waals surface area contributed by atoms with Crippen molar-refractivity contribution in [3.63, 3.8) is 0 Å². The van der Waals surface area contributed by atoms with Gasteiger partial charge in [-0.15, -0.1) is 90.7 Å². The second-order valence-corrected chi connectivity index (χ2v) is 42.4. The minimum atomic E-state index is 0.228. The number of nitrogens with one attached hydrogen (secondary N) is 2. The molecule has 9 aromatic heterocycles. The first-order chi connectivity index (χ1) is 59.6. The molecule has 9 heterocycles. The van der Waals surface area contributed by atoms with Crippen molar-refractivity contribution < 1.29 is 23.7 Å². The van der Waals surface area contributed by atoms with Gasteiger partial charge in [-0.25, -0.2) is 9.97 Å². The summed E-state index contributed by atoms with van der Waals surface area (Å²) in [6.07, 6.45) is 29.6. The number of benzene rings is 5. The van der Waals surface area contributed by atoms with Gasteiger partial charge in [0.2, 0.25) is 0 Å². The molecule has 4 atom stereocenters. The molecule has 0 amide bonds. The van der Waals surface area contributed by atoms with Crippen LogP contribution < -0.4 is 23.7 Å². The number of aromatic nitrogens is 2. The summed E-state index contributed by atoms with van der Waals surface area (Å²) in [5.74, 6) is 6.45. The summed E-state index contributed by atoms with van der Waals surface area (Å²) in [6, 6.07) is 48.9. The molecule has 0 bridgehead atoms. The topological polar surface area (TPSA) is 120 Å². The molecule has 5 aromatic carbocycles. The number of unbranched alkanes of at least 4 members (excludes halogenated alkanes) is 9. The Bertz CT molecular complexity index is 5890. The minimum absolute atomic E-state index is 0.228. The zero-order valence-corrected chi connectivity index (χ0v) is 80.0. The molecular weight excluding hydrogens is 1650 g/mol. The number of hydrogen-bond acceptors (Lipinski definition) is 17. The predicted octanol–water partition coefficient (Wildman–Crippen LogP) is 35.0. The van der Waals surface area contributed by atoms with E-state index in [4.69, 9.17) is 33.7 Å². The highest BCUT2D eigenvalue weighted by atomic mass is 32.1. The molecule has 15 rings (SSSR count). The van der Waals surface area contributed by atoms with Gasteiger partial charge in [0.1, 0.15) is 28.7 Å². The smallest absolute Gasteiger partial charge is 0.146 e.